The molecule has 0 saturated carbocycles. The van der Waals surface area contributed by atoms with Crippen LogP contribution in [0.1, 0.15) is 31.7 Å². The lowest BCUT2D eigenvalue weighted by molar-refractivity contribution is -0.112. The highest BCUT2D eigenvalue weighted by atomic mass is 16.1. The molecule has 1 aromatic rings. The lowest BCUT2D eigenvalue weighted by Gasteiger charge is -2.06. The molecule has 0 atom stereocenters. The SMILES string of the molecule is CCCC1=CCC=C(C(=O)Nc2ccc(C)cc2)C=C1. The number of allylic oxidation sites excluding steroid dienone is 4. The molecule has 0 aromatic heterocycles. The van der Waals surface area contributed by atoms with Crippen molar-refractivity contribution in [2.75, 3.05) is 5.32 Å². The third kappa shape index (κ3) is 3.95. The van der Waals surface area contributed by atoms with Crippen molar-refractivity contribution in [3.63, 3.8) is 0 Å². The molecule has 0 spiro atoms. The molecule has 2 rings (SSSR count). The van der Waals surface area contributed by atoms with Crippen LogP contribution in [-0.4, -0.2) is 5.91 Å². The first kappa shape index (κ1) is 14.3. The second-order valence-electron chi connectivity index (χ2n) is 5.08. The predicted octanol–water partition coefficient (Wildman–Crippen LogP) is 4.55. The second kappa shape index (κ2) is 6.90. The zero-order valence-corrected chi connectivity index (χ0v) is 12.1. The molecule has 0 bridgehead atoms. The molecule has 0 heterocycles. The topological polar surface area (TPSA) is 29.1 Å². The summed E-state index contributed by atoms with van der Waals surface area (Å²) in [6.07, 6.45) is 11.1. The Balaban J connectivity index is 2.01. The quantitative estimate of drug-likeness (QED) is 0.852. The van der Waals surface area contributed by atoms with Gasteiger partial charge in [0, 0.05) is 11.3 Å². The average molecular weight is 267 g/mol. The molecular weight excluding hydrogens is 246 g/mol. The molecule has 104 valence electrons. The van der Waals surface area contributed by atoms with Crippen LogP contribution >= 0.6 is 0 Å². The van der Waals surface area contributed by atoms with Gasteiger partial charge in [0.15, 0.2) is 0 Å². The maximum absolute atomic E-state index is 12.2. The van der Waals surface area contributed by atoms with E-state index >= 15 is 0 Å². The largest absolute Gasteiger partial charge is 0.322 e. The van der Waals surface area contributed by atoms with Gasteiger partial charge >= 0.3 is 0 Å². The van der Waals surface area contributed by atoms with Gasteiger partial charge < -0.3 is 5.32 Å². The molecule has 0 radical (unpaired) electrons. The van der Waals surface area contributed by atoms with Gasteiger partial charge in [-0.2, -0.15) is 0 Å². The van der Waals surface area contributed by atoms with Crippen molar-refractivity contribution >= 4 is 11.6 Å². The molecule has 0 unspecified atom stereocenters. The summed E-state index contributed by atoms with van der Waals surface area (Å²) in [5.41, 5.74) is 4.06. The number of carbonyl (C=O) groups is 1. The molecule has 1 N–H and O–H groups in total. The van der Waals surface area contributed by atoms with Crippen molar-refractivity contribution in [3.8, 4) is 0 Å². The van der Waals surface area contributed by atoms with Crippen LogP contribution in [0.15, 0.2) is 59.7 Å². The molecule has 1 aliphatic rings. The zero-order chi connectivity index (χ0) is 14.4. The fourth-order valence-corrected chi connectivity index (χ4v) is 2.15. The Morgan fingerprint density at radius 1 is 1.15 bits per heavy atom. The predicted molar refractivity (Wildman–Crippen MR) is 84.6 cm³/mol. The van der Waals surface area contributed by atoms with Crippen molar-refractivity contribution in [1.29, 1.82) is 0 Å². The molecule has 0 saturated heterocycles. The highest BCUT2D eigenvalue weighted by molar-refractivity contribution is 6.05. The minimum absolute atomic E-state index is 0.0451. The summed E-state index contributed by atoms with van der Waals surface area (Å²) in [5.74, 6) is -0.0451. The van der Waals surface area contributed by atoms with E-state index in [1.54, 1.807) is 0 Å². The first-order valence-corrected chi connectivity index (χ1v) is 7.14. The fraction of sp³-hybridized carbons (Fsp3) is 0.278. The molecule has 1 aliphatic carbocycles. The maximum atomic E-state index is 12.2. The van der Waals surface area contributed by atoms with Gasteiger partial charge in [0.1, 0.15) is 0 Å². The summed E-state index contributed by atoms with van der Waals surface area (Å²) in [7, 11) is 0. The summed E-state index contributed by atoms with van der Waals surface area (Å²) in [4.78, 5) is 12.2. The number of hydrogen-bond acceptors (Lipinski definition) is 1. The van der Waals surface area contributed by atoms with Gasteiger partial charge in [-0.3, -0.25) is 4.79 Å². The third-order valence-corrected chi connectivity index (χ3v) is 3.31. The first-order valence-electron chi connectivity index (χ1n) is 7.14. The zero-order valence-electron chi connectivity index (χ0n) is 12.1. The molecule has 20 heavy (non-hydrogen) atoms. The van der Waals surface area contributed by atoms with Crippen LogP contribution in [0, 0.1) is 6.92 Å². The summed E-state index contributed by atoms with van der Waals surface area (Å²) >= 11 is 0. The first-order chi connectivity index (χ1) is 9.69. The van der Waals surface area contributed by atoms with Crippen molar-refractivity contribution in [3.05, 3.63) is 65.3 Å². The molecule has 0 aliphatic heterocycles. The number of benzene rings is 1. The Morgan fingerprint density at radius 3 is 2.60 bits per heavy atom. The number of anilines is 1. The van der Waals surface area contributed by atoms with Gasteiger partial charge in [-0.15, -0.1) is 0 Å². The Hall–Kier alpha value is -2.09. The van der Waals surface area contributed by atoms with Crippen molar-refractivity contribution in [1.82, 2.24) is 0 Å². The highest BCUT2D eigenvalue weighted by Crippen LogP contribution is 2.16. The Bertz CT molecular complexity index is 562. The van der Waals surface area contributed by atoms with Crippen molar-refractivity contribution in [2.24, 2.45) is 0 Å². The monoisotopic (exact) mass is 267 g/mol. The number of nitrogens with one attached hydrogen (secondary N) is 1. The second-order valence-corrected chi connectivity index (χ2v) is 5.08. The van der Waals surface area contributed by atoms with Gasteiger partial charge in [-0.05, 0) is 38.0 Å². The smallest absolute Gasteiger partial charge is 0.255 e. The molecule has 2 heteroatoms. The Kier molecular flexibility index (Phi) is 4.94. The van der Waals surface area contributed by atoms with E-state index in [4.69, 9.17) is 0 Å². The minimum atomic E-state index is -0.0451. The number of rotatable bonds is 4. The Morgan fingerprint density at radius 2 is 1.90 bits per heavy atom. The van der Waals surface area contributed by atoms with E-state index in [0.29, 0.717) is 0 Å². The lowest BCUT2D eigenvalue weighted by atomic mass is 10.1. The van der Waals surface area contributed by atoms with Gasteiger partial charge in [-0.1, -0.05) is 54.8 Å². The van der Waals surface area contributed by atoms with Gasteiger partial charge in [0.25, 0.3) is 5.91 Å². The van der Waals surface area contributed by atoms with Crippen LogP contribution in [0.2, 0.25) is 0 Å². The van der Waals surface area contributed by atoms with Crippen molar-refractivity contribution in [2.45, 2.75) is 33.1 Å². The number of hydrogen-bond donors (Lipinski definition) is 1. The van der Waals surface area contributed by atoms with Crippen LogP contribution in [0.5, 0.6) is 0 Å². The molecule has 1 aromatic carbocycles. The van der Waals surface area contributed by atoms with Crippen LogP contribution in [0.25, 0.3) is 0 Å². The van der Waals surface area contributed by atoms with E-state index < -0.39 is 0 Å². The molecule has 0 fully saturated rings. The molecule has 1 amide bonds. The fourth-order valence-electron chi connectivity index (χ4n) is 2.15. The maximum Gasteiger partial charge on any atom is 0.255 e. The highest BCUT2D eigenvalue weighted by Gasteiger charge is 2.08. The van der Waals surface area contributed by atoms with Crippen molar-refractivity contribution < 1.29 is 4.79 Å². The van der Waals surface area contributed by atoms with E-state index in [1.165, 1.54) is 11.1 Å². The van der Waals surface area contributed by atoms with Gasteiger partial charge in [-0.25, -0.2) is 0 Å². The van der Waals surface area contributed by atoms with E-state index in [-0.39, 0.29) is 5.91 Å². The standard InChI is InChI=1S/C18H21NO/c1-3-5-15-6-4-7-16(11-10-15)18(20)19-17-12-8-14(2)9-13-17/h6-13H,3-5H2,1-2H3,(H,19,20). The van der Waals surface area contributed by atoms with Crippen LogP contribution in [0.4, 0.5) is 5.69 Å². The third-order valence-electron chi connectivity index (χ3n) is 3.31. The molecular formula is C18H21NO. The van der Waals surface area contributed by atoms with E-state index in [9.17, 15) is 4.79 Å². The van der Waals surface area contributed by atoms with E-state index in [0.717, 1.165) is 30.5 Å². The van der Waals surface area contributed by atoms with Gasteiger partial charge in [0.2, 0.25) is 0 Å². The van der Waals surface area contributed by atoms with E-state index in [2.05, 4.69) is 24.4 Å². The minimum Gasteiger partial charge on any atom is -0.322 e. The summed E-state index contributed by atoms with van der Waals surface area (Å²) in [6, 6.07) is 7.84. The van der Waals surface area contributed by atoms with Crippen LogP contribution < -0.4 is 5.32 Å². The summed E-state index contributed by atoms with van der Waals surface area (Å²) in [5, 5.41) is 2.93. The van der Waals surface area contributed by atoms with Gasteiger partial charge in [0.05, 0.1) is 0 Å². The van der Waals surface area contributed by atoms with Crippen LogP contribution in [-0.2, 0) is 4.79 Å². The number of carbonyl (C=O) groups excluding carboxylic acids is 1. The summed E-state index contributed by atoms with van der Waals surface area (Å²) < 4.78 is 0. The number of aryl methyl sites for hydroxylation is 1. The average Bonchev–Trinajstić information content (AvgIpc) is 2.67. The summed E-state index contributed by atoms with van der Waals surface area (Å²) in [6.45, 7) is 4.20. The van der Waals surface area contributed by atoms with E-state index in [1.807, 2.05) is 43.3 Å². The number of amides is 1. The Labute approximate surface area is 120 Å². The van der Waals surface area contributed by atoms with Crippen LogP contribution in [0.3, 0.4) is 0 Å². The molecule has 2 nitrogen and oxygen atoms in total. The normalized spacial score (nSPS) is 14.3. The lowest BCUT2D eigenvalue weighted by Crippen LogP contribution is -2.13.